The van der Waals surface area contributed by atoms with Crippen molar-refractivity contribution in [3.05, 3.63) is 52.8 Å². The van der Waals surface area contributed by atoms with Gasteiger partial charge in [-0.15, -0.1) is 0 Å². The molecule has 1 fully saturated rings. The van der Waals surface area contributed by atoms with E-state index in [-0.39, 0.29) is 40.5 Å². The summed E-state index contributed by atoms with van der Waals surface area (Å²) in [7, 11) is 1.22. The van der Waals surface area contributed by atoms with Crippen LogP contribution in [0.1, 0.15) is 39.2 Å². The third kappa shape index (κ3) is 7.23. The second-order valence-corrected chi connectivity index (χ2v) is 11.7. The highest BCUT2D eigenvalue weighted by molar-refractivity contribution is 6.32. The molecule has 0 radical (unpaired) electrons. The van der Waals surface area contributed by atoms with Gasteiger partial charge in [-0.25, -0.2) is 14.0 Å². The van der Waals surface area contributed by atoms with Gasteiger partial charge >= 0.3 is 12.1 Å². The molecule has 2 heterocycles. The molecule has 2 aliphatic rings. The molecule has 2 aromatic carbocycles. The number of halogens is 2. The highest BCUT2D eigenvalue weighted by Crippen LogP contribution is 2.42. The number of nitriles is 1. The Morgan fingerprint density at radius 1 is 1.17 bits per heavy atom. The van der Waals surface area contributed by atoms with Crippen molar-refractivity contribution in [1.29, 1.82) is 5.26 Å². The lowest BCUT2D eigenvalue weighted by atomic mass is 9.75. The summed E-state index contributed by atoms with van der Waals surface area (Å²) < 4.78 is 35.1. The molecular weight excluding hydrogens is 569 g/mol. The van der Waals surface area contributed by atoms with Gasteiger partial charge in [0.05, 0.1) is 35.8 Å². The zero-order chi connectivity index (χ0) is 30.7. The van der Waals surface area contributed by atoms with Gasteiger partial charge in [0.1, 0.15) is 22.9 Å². The lowest BCUT2D eigenvalue weighted by Crippen LogP contribution is -2.54. The van der Waals surface area contributed by atoms with Crippen LogP contribution in [0, 0.1) is 22.6 Å². The van der Waals surface area contributed by atoms with Gasteiger partial charge in [0.15, 0.2) is 12.7 Å². The van der Waals surface area contributed by atoms with Gasteiger partial charge in [0.2, 0.25) is 0 Å². The normalized spacial score (nSPS) is 17.8. The van der Waals surface area contributed by atoms with Gasteiger partial charge in [0, 0.05) is 19.2 Å². The molecule has 0 saturated carbocycles. The Bertz CT molecular complexity index is 1380. The number of methoxy groups -OCH3 is 1. The van der Waals surface area contributed by atoms with E-state index in [4.69, 9.17) is 25.8 Å². The van der Waals surface area contributed by atoms with E-state index in [0.29, 0.717) is 32.4 Å². The van der Waals surface area contributed by atoms with Crippen molar-refractivity contribution in [2.45, 2.75) is 51.7 Å². The zero-order valence-corrected chi connectivity index (χ0v) is 24.7. The van der Waals surface area contributed by atoms with E-state index < -0.39 is 35.8 Å². The fraction of sp³-hybridized carbons (Fsp3) is 0.467. The van der Waals surface area contributed by atoms with Gasteiger partial charge in [-0.05, 0) is 63.8 Å². The number of anilines is 1. The van der Waals surface area contributed by atoms with Crippen molar-refractivity contribution < 1.29 is 37.7 Å². The number of carbonyl (C=O) groups is 3. The minimum Gasteiger partial charge on any atom is -0.480 e. The number of hydrogen-bond donors (Lipinski definition) is 0. The molecule has 2 amide bonds. The number of fused-ring (bicyclic) bond motifs is 1. The third-order valence-electron chi connectivity index (χ3n) is 7.11. The molecule has 224 valence electrons. The van der Waals surface area contributed by atoms with Crippen molar-refractivity contribution in [1.82, 2.24) is 4.90 Å². The molecule has 4 rings (SSSR count). The average Bonchev–Trinajstić information content (AvgIpc) is 2.95. The molecule has 2 aliphatic heterocycles. The quantitative estimate of drug-likeness (QED) is 0.429. The molecule has 0 aromatic heterocycles. The Labute approximate surface area is 248 Å². The van der Waals surface area contributed by atoms with Crippen molar-refractivity contribution in [3.8, 4) is 17.6 Å². The first-order valence-electron chi connectivity index (χ1n) is 13.5. The highest BCUT2D eigenvalue weighted by Gasteiger charge is 2.42. The second kappa shape index (κ2) is 12.4. The van der Waals surface area contributed by atoms with Crippen LogP contribution in [0.15, 0.2) is 36.4 Å². The zero-order valence-electron chi connectivity index (χ0n) is 23.9. The summed E-state index contributed by atoms with van der Waals surface area (Å²) in [6, 6.07) is 11.4. The lowest BCUT2D eigenvalue weighted by Gasteiger charge is -2.41. The number of benzene rings is 2. The van der Waals surface area contributed by atoms with Gasteiger partial charge < -0.3 is 23.8 Å². The number of rotatable bonds is 6. The summed E-state index contributed by atoms with van der Waals surface area (Å²) in [6.45, 7) is 5.27. The number of carbonyl (C=O) groups excluding carboxylic acids is 3. The Kier molecular flexibility index (Phi) is 9.16. The molecule has 10 nitrogen and oxygen atoms in total. The molecule has 12 heteroatoms. The summed E-state index contributed by atoms with van der Waals surface area (Å²) in [5.41, 5.74) is -0.368. The summed E-state index contributed by atoms with van der Waals surface area (Å²) in [6.07, 6.45) is -0.475. The predicted octanol–water partition coefficient (Wildman–Crippen LogP) is 4.91. The van der Waals surface area contributed by atoms with E-state index in [1.165, 1.54) is 36.3 Å². The minimum absolute atomic E-state index is 0.107. The van der Waals surface area contributed by atoms with Crippen LogP contribution in [0.3, 0.4) is 0 Å². The standard InChI is InChI=1S/C30H33ClFN3O7/c1-29(2,3)42-28(38)35-16-25(41-24-14-23(21(31)13-22(24)35)40-17-26(36)39-4)27(37)34-11-9-30(18-33,10-12-34)15-19-5-7-20(32)8-6-19/h5-8,13-14,25H,9-12,15-17H2,1-4H3. The van der Waals surface area contributed by atoms with Crippen LogP contribution in [0.5, 0.6) is 11.5 Å². The monoisotopic (exact) mass is 601 g/mol. The molecule has 1 unspecified atom stereocenters. The fourth-order valence-electron chi connectivity index (χ4n) is 4.89. The summed E-state index contributed by atoms with van der Waals surface area (Å²) in [4.78, 5) is 41.4. The van der Waals surface area contributed by atoms with Gasteiger partial charge in [-0.3, -0.25) is 9.69 Å². The maximum absolute atomic E-state index is 13.7. The van der Waals surface area contributed by atoms with Crippen molar-refractivity contribution in [3.63, 3.8) is 0 Å². The molecule has 0 bridgehead atoms. The number of piperidine rings is 1. The average molecular weight is 602 g/mol. The van der Waals surface area contributed by atoms with Crippen LogP contribution in [0.2, 0.25) is 5.02 Å². The fourth-order valence-corrected chi connectivity index (χ4v) is 5.10. The van der Waals surface area contributed by atoms with E-state index in [1.807, 2.05) is 0 Å². The van der Waals surface area contributed by atoms with E-state index in [0.717, 1.165) is 5.56 Å². The second-order valence-electron chi connectivity index (χ2n) is 11.3. The van der Waals surface area contributed by atoms with E-state index >= 15 is 0 Å². The minimum atomic E-state index is -1.08. The molecule has 1 saturated heterocycles. The Morgan fingerprint density at radius 3 is 2.43 bits per heavy atom. The van der Waals surface area contributed by atoms with Crippen LogP contribution in [0.4, 0.5) is 14.9 Å². The SMILES string of the molecule is COC(=O)COc1cc2c(cc1Cl)N(C(=O)OC(C)(C)C)CC(C(=O)N1CCC(C#N)(Cc3ccc(F)cc3)CC1)O2. The maximum atomic E-state index is 13.7. The number of likely N-dealkylation sites (tertiary alicyclic amines) is 1. The molecule has 0 N–H and O–H groups in total. The maximum Gasteiger partial charge on any atom is 0.415 e. The third-order valence-corrected chi connectivity index (χ3v) is 7.40. The van der Waals surface area contributed by atoms with Crippen molar-refractivity contribution >= 4 is 35.3 Å². The van der Waals surface area contributed by atoms with Gasteiger partial charge in [-0.1, -0.05) is 23.7 Å². The summed E-state index contributed by atoms with van der Waals surface area (Å²) in [5.74, 6) is -1.06. The first-order chi connectivity index (χ1) is 19.8. The number of ether oxygens (including phenoxy) is 4. The number of hydrogen-bond acceptors (Lipinski definition) is 8. The number of amides is 2. The predicted molar refractivity (Wildman–Crippen MR) is 151 cm³/mol. The van der Waals surface area contributed by atoms with Crippen LogP contribution < -0.4 is 14.4 Å². The molecular formula is C30H33ClFN3O7. The summed E-state index contributed by atoms with van der Waals surface area (Å²) >= 11 is 6.39. The molecule has 0 aliphatic carbocycles. The van der Waals surface area contributed by atoms with Crippen LogP contribution in [0.25, 0.3) is 0 Å². The van der Waals surface area contributed by atoms with Crippen LogP contribution >= 0.6 is 11.6 Å². The Morgan fingerprint density at radius 2 is 1.83 bits per heavy atom. The number of nitrogens with zero attached hydrogens (tertiary/aromatic N) is 3. The molecule has 2 aromatic rings. The first kappa shape index (κ1) is 30.9. The van der Waals surface area contributed by atoms with Crippen molar-refractivity contribution in [2.75, 3.05) is 38.3 Å². The van der Waals surface area contributed by atoms with E-state index in [2.05, 4.69) is 10.8 Å². The van der Waals surface area contributed by atoms with Gasteiger partial charge in [0.25, 0.3) is 5.91 Å². The largest absolute Gasteiger partial charge is 0.480 e. The molecule has 1 atom stereocenters. The van der Waals surface area contributed by atoms with Crippen molar-refractivity contribution in [2.24, 2.45) is 5.41 Å². The summed E-state index contributed by atoms with van der Waals surface area (Å²) in [5, 5.41) is 10.1. The first-order valence-corrected chi connectivity index (χ1v) is 13.9. The molecule has 0 spiro atoms. The smallest absolute Gasteiger partial charge is 0.415 e. The lowest BCUT2D eigenvalue weighted by molar-refractivity contribution is -0.143. The Balaban J connectivity index is 1.53. The van der Waals surface area contributed by atoms with Crippen LogP contribution in [-0.2, 0) is 25.5 Å². The topological polar surface area (TPSA) is 118 Å². The number of esters is 1. The highest BCUT2D eigenvalue weighted by atomic mass is 35.5. The van der Waals surface area contributed by atoms with E-state index in [9.17, 15) is 24.0 Å². The van der Waals surface area contributed by atoms with Gasteiger partial charge in [-0.2, -0.15) is 5.26 Å². The van der Waals surface area contributed by atoms with E-state index in [1.54, 1.807) is 37.8 Å². The molecule has 42 heavy (non-hydrogen) atoms. The Hall–Kier alpha value is -4.04. The van der Waals surface area contributed by atoms with Crippen LogP contribution in [-0.4, -0.2) is 67.9 Å².